The largest absolute Gasteiger partial charge is 0.489 e. The van der Waals surface area contributed by atoms with Crippen LogP contribution in [0.1, 0.15) is 29.6 Å². The monoisotopic (exact) mass is 281 g/mol. The average Bonchev–Trinajstić information content (AvgIpc) is 2.83. The molecule has 0 aliphatic carbocycles. The highest BCUT2D eigenvalue weighted by molar-refractivity contribution is 6.32. The fraction of sp³-hybridized carbons (Fsp3) is 0.500. The minimum atomic E-state index is 0.0232. The smallest absolute Gasteiger partial charge is 0.254 e. The number of rotatable bonds is 1. The van der Waals surface area contributed by atoms with E-state index in [1.807, 2.05) is 4.90 Å². The number of ether oxygens (including phenoxy) is 2. The topological polar surface area (TPSA) is 38.8 Å². The van der Waals surface area contributed by atoms with Gasteiger partial charge in [0.2, 0.25) is 0 Å². The third kappa shape index (κ3) is 2.50. The molecule has 3 rings (SSSR count). The summed E-state index contributed by atoms with van der Waals surface area (Å²) in [4.78, 5) is 14.2. The van der Waals surface area contributed by atoms with Gasteiger partial charge < -0.3 is 14.4 Å². The van der Waals surface area contributed by atoms with E-state index in [1.54, 1.807) is 12.1 Å². The van der Waals surface area contributed by atoms with Crippen LogP contribution in [0.2, 0.25) is 5.02 Å². The number of carbonyl (C=O) groups excluding carboxylic acids is 1. The molecule has 1 fully saturated rings. The standard InChI is InChI=1S/C14H16ClNO3/c15-11-8-10(14(17)16-4-1-2-5-16)9-12-13(11)19-7-3-6-18-12/h8-9H,1-7H2. The van der Waals surface area contributed by atoms with Gasteiger partial charge in [0.25, 0.3) is 5.91 Å². The Kier molecular flexibility index (Phi) is 3.51. The first-order valence-corrected chi connectivity index (χ1v) is 7.02. The van der Waals surface area contributed by atoms with Gasteiger partial charge in [0.05, 0.1) is 18.2 Å². The van der Waals surface area contributed by atoms with Crippen molar-refractivity contribution in [1.82, 2.24) is 4.90 Å². The Bertz CT molecular complexity index is 498. The molecular formula is C14H16ClNO3. The van der Waals surface area contributed by atoms with Gasteiger partial charge in [0.15, 0.2) is 11.5 Å². The minimum Gasteiger partial charge on any atom is -0.489 e. The number of fused-ring (bicyclic) bond motifs is 1. The number of hydrogen-bond donors (Lipinski definition) is 0. The van der Waals surface area contributed by atoms with Crippen LogP contribution < -0.4 is 9.47 Å². The Morgan fingerprint density at radius 2 is 1.84 bits per heavy atom. The van der Waals surface area contributed by atoms with Gasteiger partial charge in [-0.1, -0.05) is 11.6 Å². The fourth-order valence-electron chi connectivity index (χ4n) is 2.46. The molecule has 0 radical (unpaired) electrons. The van der Waals surface area contributed by atoms with Crippen LogP contribution in [-0.4, -0.2) is 37.1 Å². The summed E-state index contributed by atoms with van der Waals surface area (Å²) in [6, 6.07) is 3.42. The van der Waals surface area contributed by atoms with E-state index < -0.39 is 0 Å². The lowest BCUT2D eigenvalue weighted by molar-refractivity contribution is 0.0792. The lowest BCUT2D eigenvalue weighted by Crippen LogP contribution is -2.27. The van der Waals surface area contributed by atoms with Crippen LogP contribution in [0.3, 0.4) is 0 Å². The zero-order chi connectivity index (χ0) is 13.2. The van der Waals surface area contributed by atoms with Crippen molar-refractivity contribution in [1.29, 1.82) is 0 Å². The van der Waals surface area contributed by atoms with E-state index in [-0.39, 0.29) is 5.91 Å². The van der Waals surface area contributed by atoms with Crippen molar-refractivity contribution >= 4 is 17.5 Å². The van der Waals surface area contributed by atoms with Gasteiger partial charge in [0, 0.05) is 25.1 Å². The SMILES string of the molecule is O=C(c1cc(Cl)c2c(c1)OCCCO2)N1CCCC1. The van der Waals surface area contributed by atoms with Gasteiger partial charge in [-0.2, -0.15) is 0 Å². The zero-order valence-electron chi connectivity index (χ0n) is 10.7. The molecule has 2 heterocycles. The molecule has 1 saturated heterocycles. The fourth-order valence-corrected chi connectivity index (χ4v) is 2.72. The summed E-state index contributed by atoms with van der Waals surface area (Å²) in [7, 11) is 0. The summed E-state index contributed by atoms with van der Waals surface area (Å²) < 4.78 is 11.2. The summed E-state index contributed by atoms with van der Waals surface area (Å²) in [5.41, 5.74) is 0.580. The molecule has 1 aromatic rings. The number of hydrogen-bond acceptors (Lipinski definition) is 3. The van der Waals surface area contributed by atoms with Crippen LogP contribution in [0, 0.1) is 0 Å². The summed E-state index contributed by atoms with van der Waals surface area (Å²) in [6.07, 6.45) is 2.97. The highest BCUT2D eigenvalue weighted by Crippen LogP contribution is 2.38. The molecule has 4 nitrogen and oxygen atoms in total. The second-order valence-corrected chi connectivity index (χ2v) is 5.24. The molecule has 0 unspecified atom stereocenters. The Morgan fingerprint density at radius 3 is 2.63 bits per heavy atom. The first kappa shape index (κ1) is 12.6. The Morgan fingerprint density at radius 1 is 1.11 bits per heavy atom. The van der Waals surface area contributed by atoms with Crippen molar-refractivity contribution in [2.75, 3.05) is 26.3 Å². The van der Waals surface area contributed by atoms with E-state index in [1.165, 1.54) is 0 Å². The summed E-state index contributed by atoms with van der Waals surface area (Å²) in [5, 5.41) is 0.446. The van der Waals surface area contributed by atoms with Gasteiger partial charge >= 0.3 is 0 Å². The number of halogens is 1. The summed E-state index contributed by atoms with van der Waals surface area (Å²) >= 11 is 6.19. The number of amides is 1. The Balaban J connectivity index is 1.92. The van der Waals surface area contributed by atoms with Crippen molar-refractivity contribution in [2.24, 2.45) is 0 Å². The van der Waals surface area contributed by atoms with Gasteiger partial charge in [-0.05, 0) is 25.0 Å². The van der Waals surface area contributed by atoms with E-state index in [9.17, 15) is 4.79 Å². The van der Waals surface area contributed by atoms with Crippen molar-refractivity contribution < 1.29 is 14.3 Å². The minimum absolute atomic E-state index is 0.0232. The maximum Gasteiger partial charge on any atom is 0.254 e. The van der Waals surface area contributed by atoms with Gasteiger partial charge in [-0.15, -0.1) is 0 Å². The van der Waals surface area contributed by atoms with Gasteiger partial charge in [-0.3, -0.25) is 4.79 Å². The van der Waals surface area contributed by atoms with Gasteiger partial charge in [-0.25, -0.2) is 0 Å². The molecule has 2 aliphatic rings. The Hall–Kier alpha value is -1.42. The van der Waals surface area contributed by atoms with Crippen LogP contribution in [0.25, 0.3) is 0 Å². The molecule has 102 valence electrons. The molecule has 0 bridgehead atoms. The van der Waals surface area contributed by atoms with Crippen LogP contribution in [0.5, 0.6) is 11.5 Å². The molecule has 1 amide bonds. The first-order chi connectivity index (χ1) is 9.25. The Labute approximate surface area is 117 Å². The van der Waals surface area contributed by atoms with E-state index in [0.29, 0.717) is 35.3 Å². The van der Waals surface area contributed by atoms with Crippen molar-refractivity contribution in [3.05, 3.63) is 22.7 Å². The highest BCUT2D eigenvalue weighted by Gasteiger charge is 2.23. The molecule has 0 atom stereocenters. The van der Waals surface area contributed by atoms with E-state index in [0.717, 1.165) is 32.4 Å². The molecule has 1 aromatic carbocycles. The molecule has 2 aliphatic heterocycles. The van der Waals surface area contributed by atoms with Crippen molar-refractivity contribution in [2.45, 2.75) is 19.3 Å². The molecule has 0 N–H and O–H groups in total. The van der Waals surface area contributed by atoms with Crippen LogP contribution in [0.4, 0.5) is 0 Å². The number of carbonyl (C=O) groups is 1. The third-order valence-corrected chi connectivity index (χ3v) is 3.72. The summed E-state index contributed by atoms with van der Waals surface area (Å²) in [5.74, 6) is 1.15. The van der Waals surface area contributed by atoms with Crippen molar-refractivity contribution in [3.63, 3.8) is 0 Å². The second kappa shape index (κ2) is 5.29. The number of likely N-dealkylation sites (tertiary alicyclic amines) is 1. The lowest BCUT2D eigenvalue weighted by Gasteiger charge is -2.17. The maximum atomic E-state index is 12.3. The van der Waals surface area contributed by atoms with Crippen LogP contribution >= 0.6 is 11.6 Å². The third-order valence-electron chi connectivity index (χ3n) is 3.44. The predicted octanol–water partition coefficient (Wildman–Crippen LogP) is 2.74. The average molecular weight is 282 g/mol. The number of nitrogens with zero attached hydrogens (tertiary/aromatic N) is 1. The van der Waals surface area contributed by atoms with E-state index in [2.05, 4.69) is 0 Å². The van der Waals surface area contributed by atoms with Crippen molar-refractivity contribution in [3.8, 4) is 11.5 Å². The van der Waals surface area contributed by atoms with Gasteiger partial charge in [0.1, 0.15) is 0 Å². The predicted molar refractivity (Wildman–Crippen MR) is 72.2 cm³/mol. The number of benzene rings is 1. The van der Waals surface area contributed by atoms with E-state index in [4.69, 9.17) is 21.1 Å². The molecule has 5 heteroatoms. The highest BCUT2D eigenvalue weighted by atomic mass is 35.5. The molecule has 0 saturated carbocycles. The summed E-state index contributed by atoms with van der Waals surface area (Å²) in [6.45, 7) is 2.83. The molecule has 0 spiro atoms. The van der Waals surface area contributed by atoms with E-state index >= 15 is 0 Å². The van der Waals surface area contributed by atoms with Crippen LogP contribution in [0.15, 0.2) is 12.1 Å². The molecule has 0 aromatic heterocycles. The zero-order valence-corrected chi connectivity index (χ0v) is 11.4. The lowest BCUT2D eigenvalue weighted by atomic mass is 10.1. The first-order valence-electron chi connectivity index (χ1n) is 6.64. The second-order valence-electron chi connectivity index (χ2n) is 4.84. The quantitative estimate of drug-likeness (QED) is 0.794. The molecule has 19 heavy (non-hydrogen) atoms. The maximum absolute atomic E-state index is 12.3. The normalized spacial score (nSPS) is 18.3. The molecular weight excluding hydrogens is 266 g/mol. The van der Waals surface area contributed by atoms with Crippen LogP contribution in [-0.2, 0) is 0 Å².